The molecule has 138 valence electrons. The van der Waals surface area contributed by atoms with Crippen molar-refractivity contribution in [3.8, 4) is 0 Å². The van der Waals surface area contributed by atoms with Gasteiger partial charge in [0, 0.05) is 5.02 Å². The second-order valence-corrected chi connectivity index (χ2v) is 6.48. The average Bonchev–Trinajstić information content (AvgIpc) is 2.98. The van der Waals surface area contributed by atoms with E-state index in [4.69, 9.17) is 23.2 Å². The number of benzene rings is 2. The maximum absolute atomic E-state index is 12.2. The van der Waals surface area contributed by atoms with Crippen molar-refractivity contribution in [2.75, 3.05) is 5.32 Å². The number of aliphatic imine (C=N–C) groups is 1. The van der Waals surface area contributed by atoms with Gasteiger partial charge < -0.3 is 5.32 Å². The van der Waals surface area contributed by atoms with Gasteiger partial charge in [-0.25, -0.2) is 10.4 Å². The molecule has 2 aromatic carbocycles. The van der Waals surface area contributed by atoms with Gasteiger partial charge >= 0.3 is 0 Å². The van der Waals surface area contributed by atoms with Crippen LogP contribution in [0.2, 0.25) is 10.0 Å². The first-order chi connectivity index (χ1) is 13.0. The van der Waals surface area contributed by atoms with Crippen LogP contribution in [-0.2, 0) is 9.59 Å². The van der Waals surface area contributed by atoms with E-state index in [1.54, 1.807) is 18.3 Å². The van der Waals surface area contributed by atoms with E-state index in [1.165, 1.54) is 6.07 Å². The summed E-state index contributed by atoms with van der Waals surface area (Å²) < 4.78 is 0. The van der Waals surface area contributed by atoms with Crippen molar-refractivity contribution in [2.45, 2.75) is 12.5 Å². The molecule has 0 aliphatic carbocycles. The molecule has 9 heteroatoms. The Balaban J connectivity index is 1.55. The summed E-state index contributed by atoms with van der Waals surface area (Å²) in [6.07, 6.45) is 1.47. The van der Waals surface area contributed by atoms with Gasteiger partial charge in [0.05, 0.1) is 23.3 Å². The van der Waals surface area contributed by atoms with E-state index in [9.17, 15) is 9.59 Å². The van der Waals surface area contributed by atoms with Gasteiger partial charge in [0.15, 0.2) is 0 Å². The highest BCUT2D eigenvalue weighted by atomic mass is 35.5. The molecule has 0 unspecified atom stereocenters. The third-order valence-corrected chi connectivity index (χ3v) is 4.14. The molecule has 7 nitrogen and oxygen atoms in total. The van der Waals surface area contributed by atoms with E-state index in [-0.39, 0.29) is 18.3 Å². The van der Waals surface area contributed by atoms with Crippen LogP contribution < -0.4 is 16.1 Å². The minimum atomic E-state index is -0.842. The Bertz CT molecular complexity index is 915. The summed E-state index contributed by atoms with van der Waals surface area (Å²) in [5, 5.41) is 9.96. The zero-order valence-electron chi connectivity index (χ0n) is 13.9. The molecule has 0 bridgehead atoms. The number of guanidine groups is 1. The van der Waals surface area contributed by atoms with Gasteiger partial charge in [-0.05, 0) is 23.8 Å². The first-order valence-electron chi connectivity index (χ1n) is 7.99. The second kappa shape index (κ2) is 8.66. The predicted octanol–water partition coefficient (Wildman–Crippen LogP) is 2.80. The van der Waals surface area contributed by atoms with E-state index in [0.717, 1.165) is 5.56 Å². The fraction of sp³-hybridized carbons (Fsp3) is 0.111. The molecule has 0 saturated carbocycles. The summed E-state index contributed by atoms with van der Waals surface area (Å²) in [4.78, 5) is 28.3. The van der Waals surface area contributed by atoms with Crippen LogP contribution in [0, 0.1) is 0 Å². The van der Waals surface area contributed by atoms with Crippen molar-refractivity contribution in [2.24, 2.45) is 10.1 Å². The van der Waals surface area contributed by atoms with Crippen molar-refractivity contribution >= 4 is 52.9 Å². The molecule has 2 aromatic rings. The highest BCUT2D eigenvalue weighted by Crippen LogP contribution is 2.25. The monoisotopic (exact) mass is 403 g/mol. The molecule has 0 radical (unpaired) electrons. The van der Waals surface area contributed by atoms with Crippen LogP contribution >= 0.6 is 23.2 Å². The van der Waals surface area contributed by atoms with E-state index in [1.807, 2.05) is 30.3 Å². The van der Waals surface area contributed by atoms with Crippen LogP contribution in [0.3, 0.4) is 0 Å². The number of hydrogen-bond acceptors (Lipinski definition) is 5. The molecule has 0 aromatic heterocycles. The number of nitrogens with one attached hydrogen (secondary N) is 3. The lowest BCUT2D eigenvalue weighted by Crippen LogP contribution is -2.35. The molecule has 1 heterocycles. The topological polar surface area (TPSA) is 94.9 Å². The molecule has 1 atom stereocenters. The quantitative estimate of drug-likeness (QED) is 0.528. The number of hydrogen-bond donors (Lipinski definition) is 3. The molecule has 1 aliphatic heterocycles. The SMILES string of the molecule is O=C(C[C@H]1N=C(N/N=C/c2ccccc2)NC1=O)Nc1ccc(Cl)cc1Cl. The largest absolute Gasteiger partial charge is 0.325 e. The van der Waals surface area contributed by atoms with E-state index in [2.05, 4.69) is 26.2 Å². The number of carbonyl (C=O) groups excluding carboxylic acids is 2. The molecular weight excluding hydrogens is 389 g/mol. The fourth-order valence-electron chi connectivity index (χ4n) is 2.32. The molecule has 1 aliphatic rings. The Morgan fingerprint density at radius 1 is 1.22 bits per heavy atom. The lowest BCUT2D eigenvalue weighted by molar-refractivity contribution is -0.123. The molecule has 3 rings (SSSR count). The van der Waals surface area contributed by atoms with Gasteiger partial charge in [-0.1, -0.05) is 53.5 Å². The summed E-state index contributed by atoms with van der Waals surface area (Å²) in [6, 6.07) is 13.3. The number of anilines is 1. The van der Waals surface area contributed by atoms with Crippen molar-refractivity contribution in [1.82, 2.24) is 10.7 Å². The first kappa shape index (κ1) is 18.9. The molecular formula is C18H15Cl2N5O2. The maximum Gasteiger partial charge on any atom is 0.252 e. The first-order valence-corrected chi connectivity index (χ1v) is 8.74. The van der Waals surface area contributed by atoms with Crippen molar-refractivity contribution < 1.29 is 9.59 Å². The summed E-state index contributed by atoms with van der Waals surface area (Å²) in [5.74, 6) is -0.587. The summed E-state index contributed by atoms with van der Waals surface area (Å²) >= 11 is 11.8. The van der Waals surface area contributed by atoms with E-state index in [0.29, 0.717) is 15.7 Å². The van der Waals surface area contributed by atoms with Crippen molar-refractivity contribution in [3.63, 3.8) is 0 Å². The standard InChI is InChI=1S/C18H15Cl2N5O2/c19-12-6-7-14(13(20)8-12)22-16(26)9-15-17(27)24-18(23-15)25-21-10-11-4-2-1-3-5-11/h1-8,10,15H,9H2,(H,22,26)(H2,23,24,25,27)/b21-10+/t15-/m1/s1. The van der Waals surface area contributed by atoms with Crippen LogP contribution in [0.4, 0.5) is 5.69 Å². The minimum absolute atomic E-state index is 0.127. The molecule has 0 saturated heterocycles. The van der Waals surface area contributed by atoms with Gasteiger partial charge in [0.2, 0.25) is 11.9 Å². The zero-order valence-corrected chi connectivity index (χ0v) is 15.5. The van der Waals surface area contributed by atoms with Gasteiger partial charge in [-0.3, -0.25) is 14.9 Å². The summed E-state index contributed by atoms with van der Waals surface area (Å²) in [7, 11) is 0. The van der Waals surface area contributed by atoms with Gasteiger partial charge in [-0.2, -0.15) is 5.10 Å². The van der Waals surface area contributed by atoms with Crippen molar-refractivity contribution in [3.05, 3.63) is 64.1 Å². The van der Waals surface area contributed by atoms with Crippen LogP contribution in [0.15, 0.2) is 58.6 Å². The van der Waals surface area contributed by atoms with E-state index < -0.39 is 11.9 Å². The lowest BCUT2D eigenvalue weighted by atomic mass is 10.2. The highest BCUT2D eigenvalue weighted by Gasteiger charge is 2.28. The third-order valence-electron chi connectivity index (χ3n) is 3.60. The second-order valence-electron chi connectivity index (χ2n) is 5.64. The number of rotatable bonds is 5. The molecule has 0 spiro atoms. The number of nitrogens with zero attached hydrogens (tertiary/aromatic N) is 2. The molecule has 27 heavy (non-hydrogen) atoms. The third kappa shape index (κ3) is 5.29. The molecule has 3 N–H and O–H groups in total. The molecule has 0 fully saturated rings. The number of carbonyl (C=O) groups is 2. The Labute approximate surface area is 165 Å². The maximum atomic E-state index is 12.2. The summed E-state index contributed by atoms with van der Waals surface area (Å²) in [5.41, 5.74) is 3.96. The number of amides is 2. The van der Waals surface area contributed by atoms with Gasteiger partial charge in [-0.15, -0.1) is 0 Å². The van der Waals surface area contributed by atoms with Crippen LogP contribution in [-0.4, -0.2) is 30.0 Å². The van der Waals surface area contributed by atoms with Gasteiger partial charge in [0.1, 0.15) is 6.04 Å². The van der Waals surface area contributed by atoms with Gasteiger partial charge in [0.25, 0.3) is 5.91 Å². The summed E-state index contributed by atoms with van der Waals surface area (Å²) in [6.45, 7) is 0. The Morgan fingerprint density at radius 2 is 2.00 bits per heavy atom. The Kier molecular flexibility index (Phi) is 6.05. The Hall–Kier alpha value is -2.90. The predicted molar refractivity (Wildman–Crippen MR) is 106 cm³/mol. The van der Waals surface area contributed by atoms with Crippen LogP contribution in [0.5, 0.6) is 0 Å². The zero-order chi connectivity index (χ0) is 19.2. The smallest absolute Gasteiger partial charge is 0.252 e. The van der Waals surface area contributed by atoms with E-state index >= 15 is 0 Å². The minimum Gasteiger partial charge on any atom is -0.325 e. The van der Waals surface area contributed by atoms with Crippen LogP contribution in [0.25, 0.3) is 0 Å². The Morgan fingerprint density at radius 3 is 2.74 bits per heavy atom. The lowest BCUT2D eigenvalue weighted by Gasteiger charge is -2.08. The van der Waals surface area contributed by atoms with Crippen molar-refractivity contribution in [1.29, 1.82) is 0 Å². The number of hydrazone groups is 1. The molecule has 2 amide bonds. The average molecular weight is 404 g/mol. The van der Waals surface area contributed by atoms with Crippen LogP contribution in [0.1, 0.15) is 12.0 Å². The fourth-order valence-corrected chi connectivity index (χ4v) is 2.77. The highest BCUT2D eigenvalue weighted by molar-refractivity contribution is 6.36. The number of halogens is 2. The normalized spacial score (nSPS) is 16.1.